The van der Waals surface area contributed by atoms with Crippen molar-refractivity contribution in [3.63, 3.8) is 0 Å². The van der Waals surface area contributed by atoms with Gasteiger partial charge in [-0.15, -0.1) is 11.8 Å². The van der Waals surface area contributed by atoms with Gasteiger partial charge < -0.3 is 5.73 Å². The van der Waals surface area contributed by atoms with Gasteiger partial charge in [0.15, 0.2) is 0 Å². The van der Waals surface area contributed by atoms with E-state index in [1.807, 2.05) is 23.5 Å². The van der Waals surface area contributed by atoms with Crippen LogP contribution in [0.15, 0.2) is 0 Å². The van der Waals surface area contributed by atoms with E-state index in [9.17, 15) is 0 Å². The Bertz CT molecular complexity index is 400. The van der Waals surface area contributed by atoms with Crippen LogP contribution in [0.25, 0.3) is 0 Å². The first-order chi connectivity index (χ1) is 8.74. The van der Waals surface area contributed by atoms with Gasteiger partial charge in [0.1, 0.15) is 11.6 Å². The summed E-state index contributed by atoms with van der Waals surface area (Å²) in [5.74, 6) is 4.48. The van der Waals surface area contributed by atoms with Gasteiger partial charge in [0, 0.05) is 23.2 Å². The fourth-order valence-corrected chi connectivity index (χ4v) is 5.05. The van der Waals surface area contributed by atoms with Crippen molar-refractivity contribution in [3.05, 3.63) is 11.6 Å². The van der Waals surface area contributed by atoms with Crippen molar-refractivity contribution in [2.24, 2.45) is 0 Å². The number of anilines is 1. The van der Waals surface area contributed by atoms with Crippen LogP contribution < -0.4 is 5.73 Å². The molecule has 1 aliphatic heterocycles. The van der Waals surface area contributed by atoms with Gasteiger partial charge in [-0.2, -0.15) is 21.7 Å². The molecular weight excluding hydrogens is 264 g/mol. The first kappa shape index (κ1) is 13.9. The SMILES string of the molecule is CCCc1nc(N)nc(C2SCCSC2CC)n1. The van der Waals surface area contributed by atoms with E-state index in [2.05, 4.69) is 28.8 Å². The molecule has 1 aliphatic rings. The zero-order valence-corrected chi connectivity index (χ0v) is 12.6. The quantitative estimate of drug-likeness (QED) is 0.917. The molecule has 2 rings (SSSR count). The monoisotopic (exact) mass is 284 g/mol. The molecule has 2 atom stereocenters. The fraction of sp³-hybridized carbons (Fsp3) is 0.750. The normalized spacial score (nSPS) is 24.1. The number of aromatic nitrogens is 3. The van der Waals surface area contributed by atoms with Gasteiger partial charge in [0.05, 0.1) is 5.25 Å². The van der Waals surface area contributed by atoms with E-state index in [0.29, 0.717) is 16.4 Å². The Labute approximate surface area is 117 Å². The van der Waals surface area contributed by atoms with Crippen molar-refractivity contribution in [1.29, 1.82) is 0 Å². The molecule has 0 radical (unpaired) electrons. The number of rotatable bonds is 4. The Hall–Kier alpha value is -0.490. The molecule has 4 nitrogen and oxygen atoms in total. The van der Waals surface area contributed by atoms with E-state index in [0.717, 1.165) is 30.9 Å². The van der Waals surface area contributed by atoms with Gasteiger partial charge in [-0.05, 0) is 12.8 Å². The Kier molecular flexibility index (Phi) is 5.12. The summed E-state index contributed by atoms with van der Waals surface area (Å²) in [6.45, 7) is 4.35. The number of hydrogen-bond donors (Lipinski definition) is 1. The molecule has 0 amide bonds. The van der Waals surface area contributed by atoms with E-state index in [4.69, 9.17) is 5.73 Å². The van der Waals surface area contributed by atoms with Gasteiger partial charge in [-0.1, -0.05) is 13.8 Å². The number of hydrogen-bond acceptors (Lipinski definition) is 6. The lowest BCUT2D eigenvalue weighted by Gasteiger charge is -2.28. The van der Waals surface area contributed by atoms with Gasteiger partial charge >= 0.3 is 0 Å². The van der Waals surface area contributed by atoms with E-state index >= 15 is 0 Å². The molecule has 18 heavy (non-hydrogen) atoms. The molecule has 6 heteroatoms. The minimum Gasteiger partial charge on any atom is -0.368 e. The Balaban J connectivity index is 2.24. The maximum absolute atomic E-state index is 5.80. The molecule has 1 aromatic heterocycles. The standard InChI is InChI=1S/C12H20N4S2/c1-3-5-9-14-11(16-12(13)15-9)10-8(4-2)17-6-7-18-10/h8,10H,3-7H2,1-2H3,(H2,13,14,15,16). The van der Waals surface area contributed by atoms with Crippen molar-refractivity contribution in [2.75, 3.05) is 17.2 Å². The smallest absolute Gasteiger partial charge is 0.223 e. The summed E-state index contributed by atoms with van der Waals surface area (Å²) < 4.78 is 0. The molecule has 2 unspecified atom stereocenters. The van der Waals surface area contributed by atoms with Crippen molar-refractivity contribution >= 4 is 29.5 Å². The summed E-state index contributed by atoms with van der Waals surface area (Å²) in [4.78, 5) is 13.2. The second-order valence-electron chi connectivity index (χ2n) is 4.33. The van der Waals surface area contributed by atoms with E-state index < -0.39 is 0 Å². The van der Waals surface area contributed by atoms with E-state index in [-0.39, 0.29) is 0 Å². The molecule has 100 valence electrons. The fourth-order valence-electron chi connectivity index (χ4n) is 2.06. The Morgan fingerprint density at radius 2 is 1.94 bits per heavy atom. The average Bonchev–Trinajstić information content (AvgIpc) is 2.38. The van der Waals surface area contributed by atoms with Gasteiger partial charge in [-0.25, -0.2) is 4.98 Å². The molecule has 1 aromatic rings. The summed E-state index contributed by atoms with van der Waals surface area (Å²) >= 11 is 3.98. The van der Waals surface area contributed by atoms with Crippen LogP contribution in [0.3, 0.4) is 0 Å². The van der Waals surface area contributed by atoms with Crippen LogP contribution in [0.1, 0.15) is 43.6 Å². The van der Waals surface area contributed by atoms with Crippen LogP contribution in [0.4, 0.5) is 5.95 Å². The lowest BCUT2D eigenvalue weighted by Crippen LogP contribution is -2.21. The predicted molar refractivity (Wildman–Crippen MR) is 80.0 cm³/mol. The summed E-state index contributed by atoms with van der Waals surface area (Å²) in [5, 5.41) is 0.967. The maximum Gasteiger partial charge on any atom is 0.223 e. The molecule has 1 fully saturated rings. The number of thioether (sulfide) groups is 2. The van der Waals surface area contributed by atoms with Crippen molar-refractivity contribution in [3.8, 4) is 0 Å². The third-order valence-electron chi connectivity index (χ3n) is 2.90. The van der Waals surface area contributed by atoms with E-state index in [1.54, 1.807) is 0 Å². The maximum atomic E-state index is 5.80. The number of aryl methyl sites for hydroxylation is 1. The number of nitrogens with two attached hydrogens (primary N) is 1. The molecule has 1 saturated heterocycles. The van der Waals surface area contributed by atoms with Crippen LogP contribution in [0.2, 0.25) is 0 Å². The van der Waals surface area contributed by atoms with Crippen molar-refractivity contribution in [1.82, 2.24) is 15.0 Å². The number of nitrogen functional groups attached to an aromatic ring is 1. The van der Waals surface area contributed by atoms with Crippen molar-refractivity contribution < 1.29 is 0 Å². The summed E-state index contributed by atoms with van der Waals surface area (Å²) in [5.41, 5.74) is 5.80. The largest absolute Gasteiger partial charge is 0.368 e. The molecule has 2 N–H and O–H groups in total. The lowest BCUT2D eigenvalue weighted by atomic mass is 10.2. The summed E-state index contributed by atoms with van der Waals surface area (Å²) in [6, 6.07) is 0. The van der Waals surface area contributed by atoms with Crippen LogP contribution >= 0.6 is 23.5 Å². The summed E-state index contributed by atoms with van der Waals surface area (Å²) in [7, 11) is 0. The zero-order chi connectivity index (χ0) is 13.0. The molecule has 0 bridgehead atoms. The van der Waals surface area contributed by atoms with Crippen LogP contribution in [-0.2, 0) is 6.42 Å². The molecule has 0 saturated carbocycles. The Morgan fingerprint density at radius 3 is 2.67 bits per heavy atom. The van der Waals surface area contributed by atoms with Crippen LogP contribution in [0.5, 0.6) is 0 Å². The predicted octanol–water partition coefficient (Wildman–Crippen LogP) is 2.71. The number of nitrogens with zero attached hydrogens (tertiary/aromatic N) is 3. The first-order valence-corrected chi connectivity index (χ1v) is 8.57. The van der Waals surface area contributed by atoms with Gasteiger partial charge in [-0.3, -0.25) is 0 Å². The first-order valence-electron chi connectivity index (χ1n) is 6.48. The lowest BCUT2D eigenvalue weighted by molar-refractivity contribution is 0.719. The topological polar surface area (TPSA) is 64.7 Å². The molecular formula is C12H20N4S2. The molecule has 0 aliphatic carbocycles. The Morgan fingerprint density at radius 1 is 1.17 bits per heavy atom. The van der Waals surface area contributed by atoms with Crippen LogP contribution in [0, 0.1) is 0 Å². The van der Waals surface area contributed by atoms with Gasteiger partial charge in [0.25, 0.3) is 0 Å². The second-order valence-corrected chi connectivity index (χ2v) is 6.92. The summed E-state index contributed by atoms with van der Waals surface area (Å²) in [6.07, 6.45) is 3.06. The zero-order valence-electron chi connectivity index (χ0n) is 10.9. The second kappa shape index (κ2) is 6.61. The molecule has 0 aromatic carbocycles. The van der Waals surface area contributed by atoms with Crippen LogP contribution in [-0.4, -0.2) is 31.7 Å². The van der Waals surface area contributed by atoms with E-state index in [1.165, 1.54) is 11.5 Å². The third-order valence-corrected chi connectivity index (χ3v) is 6.14. The molecule has 0 spiro atoms. The van der Waals surface area contributed by atoms with Gasteiger partial charge in [0.2, 0.25) is 5.95 Å². The minimum atomic E-state index is 0.370. The van der Waals surface area contributed by atoms with Crippen molar-refractivity contribution in [2.45, 2.75) is 43.6 Å². The third kappa shape index (κ3) is 3.29. The highest BCUT2D eigenvalue weighted by Crippen LogP contribution is 2.42. The minimum absolute atomic E-state index is 0.370. The highest BCUT2D eigenvalue weighted by molar-refractivity contribution is 8.06. The average molecular weight is 284 g/mol. The highest BCUT2D eigenvalue weighted by Gasteiger charge is 2.29. The highest BCUT2D eigenvalue weighted by atomic mass is 32.2. The molecule has 2 heterocycles.